The number of unbranched alkanes of at least 4 members (excludes halogenated alkanes) is 2. The number of aromatic hydroxyl groups is 1. The number of aromatic amines is 1. The minimum Gasteiger partial charge on any atom is -0.493 e. The normalized spacial score (nSPS) is 19.8. The Hall–Kier alpha value is -2.55. The first-order valence-corrected chi connectivity index (χ1v) is 11.9. The van der Waals surface area contributed by atoms with E-state index in [9.17, 15) is 19.5 Å². The number of pyridine rings is 1. The molecule has 4 rings (SSSR count). The number of amides is 1. The first kappa shape index (κ1) is 21.7. The highest BCUT2D eigenvalue weighted by Crippen LogP contribution is 2.35. The number of fused-ring (bicyclic) bond motifs is 4. The topological polar surface area (TPSA) is 108 Å². The van der Waals surface area contributed by atoms with Crippen LogP contribution in [0.25, 0.3) is 0 Å². The monoisotopic (exact) mass is 444 g/mol. The van der Waals surface area contributed by atoms with E-state index in [1.54, 1.807) is 12.1 Å². The molecule has 1 amide bonds. The third-order valence-corrected chi connectivity index (χ3v) is 7.03. The van der Waals surface area contributed by atoms with Crippen LogP contribution in [-0.2, 0) is 17.8 Å². The molecule has 2 aromatic rings. The molecule has 9 heteroatoms. The first-order chi connectivity index (χ1) is 15.0. The lowest BCUT2D eigenvalue weighted by Crippen LogP contribution is -2.49. The molecule has 2 aliphatic heterocycles. The van der Waals surface area contributed by atoms with Gasteiger partial charge in [0.2, 0.25) is 11.8 Å². The van der Waals surface area contributed by atoms with Gasteiger partial charge in [-0.1, -0.05) is 37.6 Å². The molecule has 166 valence electrons. The van der Waals surface area contributed by atoms with Gasteiger partial charge in [0.1, 0.15) is 0 Å². The zero-order valence-electron chi connectivity index (χ0n) is 17.7. The van der Waals surface area contributed by atoms with E-state index >= 15 is 0 Å². The van der Waals surface area contributed by atoms with E-state index in [-0.39, 0.29) is 45.7 Å². The Bertz CT molecular complexity index is 1080. The largest absolute Gasteiger partial charge is 0.493 e. The van der Waals surface area contributed by atoms with Gasteiger partial charge < -0.3 is 19.6 Å². The van der Waals surface area contributed by atoms with Crippen LogP contribution in [0.3, 0.4) is 0 Å². The van der Waals surface area contributed by atoms with Crippen molar-refractivity contribution >= 4 is 17.7 Å². The molecule has 2 bridgehead atoms. The number of piperidine rings is 1. The Morgan fingerprint density at radius 3 is 2.87 bits per heavy atom. The molecule has 2 aliphatic rings. The van der Waals surface area contributed by atoms with Crippen molar-refractivity contribution in [3.63, 3.8) is 0 Å². The fourth-order valence-corrected chi connectivity index (χ4v) is 5.39. The van der Waals surface area contributed by atoms with Crippen molar-refractivity contribution in [3.8, 4) is 5.88 Å². The van der Waals surface area contributed by atoms with Gasteiger partial charge in [-0.25, -0.2) is 0 Å². The smallest absolute Gasteiger partial charge is 0.258 e. The number of nitrogens with zero attached hydrogens (tertiary/aromatic N) is 3. The molecule has 1 fully saturated rings. The van der Waals surface area contributed by atoms with Crippen molar-refractivity contribution in [2.75, 3.05) is 18.8 Å². The molecule has 0 saturated carbocycles. The van der Waals surface area contributed by atoms with E-state index in [2.05, 4.69) is 16.9 Å². The molecule has 0 aromatic carbocycles. The maximum absolute atomic E-state index is 12.8. The number of likely N-dealkylation sites (tertiary alicyclic amines) is 1. The summed E-state index contributed by atoms with van der Waals surface area (Å²) in [6.07, 6.45) is 4.32. The van der Waals surface area contributed by atoms with Crippen LogP contribution in [0.15, 0.2) is 32.9 Å². The van der Waals surface area contributed by atoms with Crippen LogP contribution in [0.1, 0.15) is 49.8 Å². The van der Waals surface area contributed by atoms with E-state index in [0.717, 1.165) is 43.1 Å². The summed E-state index contributed by atoms with van der Waals surface area (Å²) in [6.45, 7) is 3.94. The van der Waals surface area contributed by atoms with Crippen LogP contribution in [0.2, 0.25) is 0 Å². The lowest BCUT2D eigenvalue weighted by Gasteiger charge is -2.42. The Balaban J connectivity index is 1.39. The lowest BCUT2D eigenvalue weighted by atomic mass is 9.83. The van der Waals surface area contributed by atoms with E-state index < -0.39 is 0 Å². The van der Waals surface area contributed by atoms with Gasteiger partial charge in [0.05, 0.1) is 11.3 Å². The molecule has 0 spiro atoms. The molecule has 0 unspecified atom stereocenters. The summed E-state index contributed by atoms with van der Waals surface area (Å²) in [5.41, 5.74) is 0.994. The standard InChI is InChI=1S/C22H28N4O4S/c1-2-3-4-6-16-20(29)23-22(24-21(16)30)31-13-19(28)25-10-14-9-15(12-25)17-7-5-8-18(27)26(17)11-14/h5,7-8,14-15H,2-4,6,9-13H2,1H3,(H2,23,24,29,30)/t14-,15-/m0/s1. The maximum atomic E-state index is 12.8. The quantitative estimate of drug-likeness (QED) is 0.385. The lowest BCUT2D eigenvalue weighted by molar-refractivity contribution is -0.131. The second-order valence-corrected chi connectivity index (χ2v) is 9.38. The fraction of sp³-hybridized carbons (Fsp3) is 0.545. The van der Waals surface area contributed by atoms with Crippen molar-refractivity contribution < 1.29 is 9.90 Å². The zero-order chi connectivity index (χ0) is 22.0. The van der Waals surface area contributed by atoms with E-state index in [0.29, 0.717) is 31.6 Å². The van der Waals surface area contributed by atoms with E-state index in [4.69, 9.17) is 0 Å². The maximum Gasteiger partial charge on any atom is 0.258 e. The number of hydrogen-bond acceptors (Lipinski definition) is 6. The third kappa shape index (κ3) is 4.71. The minimum atomic E-state index is -0.340. The van der Waals surface area contributed by atoms with Gasteiger partial charge in [-0.15, -0.1) is 0 Å². The number of thioether (sulfide) groups is 1. The highest BCUT2D eigenvalue weighted by atomic mass is 32.2. The number of carbonyl (C=O) groups is 1. The van der Waals surface area contributed by atoms with Gasteiger partial charge in [-0.05, 0) is 31.2 Å². The van der Waals surface area contributed by atoms with Crippen molar-refractivity contribution in [3.05, 3.63) is 50.2 Å². The van der Waals surface area contributed by atoms with Crippen LogP contribution in [0.5, 0.6) is 5.88 Å². The molecular weight excluding hydrogens is 416 g/mol. The van der Waals surface area contributed by atoms with Crippen molar-refractivity contribution in [1.82, 2.24) is 19.4 Å². The molecule has 2 atom stereocenters. The summed E-state index contributed by atoms with van der Waals surface area (Å²) in [5.74, 6) is 0.299. The summed E-state index contributed by atoms with van der Waals surface area (Å²) in [6, 6.07) is 5.35. The van der Waals surface area contributed by atoms with Crippen LogP contribution in [-0.4, -0.2) is 49.3 Å². The molecule has 2 N–H and O–H groups in total. The average Bonchev–Trinajstić information content (AvgIpc) is 2.74. The van der Waals surface area contributed by atoms with Crippen LogP contribution in [0.4, 0.5) is 0 Å². The second kappa shape index (κ2) is 9.30. The van der Waals surface area contributed by atoms with Gasteiger partial charge in [0.25, 0.3) is 11.1 Å². The van der Waals surface area contributed by atoms with Gasteiger partial charge in [-0.3, -0.25) is 14.4 Å². The van der Waals surface area contributed by atoms with Crippen molar-refractivity contribution in [1.29, 1.82) is 0 Å². The molecular formula is C22H28N4O4S. The zero-order valence-corrected chi connectivity index (χ0v) is 18.5. The number of hydrogen-bond donors (Lipinski definition) is 2. The van der Waals surface area contributed by atoms with Crippen molar-refractivity contribution in [2.24, 2.45) is 5.92 Å². The highest BCUT2D eigenvalue weighted by Gasteiger charge is 2.36. The van der Waals surface area contributed by atoms with Gasteiger partial charge >= 0.3 is 0 Å². The Morgan fingerprint density at radius 2 is 2.10 bits per heavy atom. The Labute approximate surface area is 184 Å². The number of carbonyl (C=O) groups excluding carboxylic acids is 1. The number of aromatic nitrogens is 3. The Morgan fingerprint density at radius 1 is 1.26 bits per heavy atom. The van der Waals surface area contributed by atoms with Gasteiger partial charge in [-0.2, -0.15) is 4.98 Å². The average molecular weight is 445 g/mol. The number of H-pyrrole nitrogens is 1. The summed E-state index contributed by atoms with van der Waals surface area (Å²) < 4.78 is 1.84. The van der Waals surface area contributed by atoms with E-state index in [1.165, 1.54) is 0 Å². The van der Waals surface area contributed by atoms with Crippen LogP contribution in [0, 0.1) is 5.92 Å². The second-order valence-electron chi connectivity index (χ2n) is 8.42. The van der Waals surface area contributed by atoms with E-state index in [1.807, 2.05) is 15.5 Å². The predicted octanol–water partition coefficient (Wildman–Crippen LogP) is 2.11. The molecule has 0 radical (unpaired) electrons. The Kier molecular flexibility index (Phi) is 6.50. The van der Waals surface area contributed by atoms with Gasteiger partial charge in [0, 0.05) is 37.3 Å². The molecule has 31 heavy (non-hydrogen) atoms. The third-order valence-electron chi connectivity index (χ3n) is 6.17. The minimum absolute atomic E-state index is 0.0236. The van der Waals surface area contributed by atoms with Crippen LogP contribution < -0.4 is 11.1 Å². The molecule has 0 aliphatic carbocycles. The predicted molar refractivity (Wildman–Crippen MR) is 119 cm³/mol. The van der Waals surface area contributed by atoms with Gasteiger partial charge in [0.15, 0.2) is 5.16 Å². The summed E-state index contributed by atoms with van der Waals surface area (Å²) in [5, 5.41) is 10.4. The van der Waals surface area contributed by atoms with Crippen molar-refractivity contribution in [2.45, 2.75) is 56.6 Å². The van der Waals surface area contributed by atoms with Crippen LogP contribution >= 0.6 is 11.8 Å². The number of rotatable bonds is 7. The fourth-order valence-electron chi connectivity index (χ4n) is 4.63. The molecule has 1 saturated heterocycles. The SMILES string of the molecule is CCCCCc1c(O)nc(SCC(=O)N2C[C@@H]3C[C@@H](C2)c2cccc(=O)n2C3)[nH]c1=O. The first-order valence-electron chi connectivity index (χ1n) is 10.9. The summed E-state index contributed by atoms with van der Waals surface area (Å²) >= 11 is 1.13. The highest BCUT2D eigenvalue weighted by molar-refractivity contribution is 7.99. The summed E-state index contributed by atoms with van der Waals surface area (Å²) in [7, 11) is 0. The molecule has 8 nitrogen and oxygen atoms in total. The molecule has 4 heterocycles. The number of nitrogens with one attached hydrogen (secondary N) is 1. The summed E-state index contributed by atoms with van der Waals surface area (Å²) in [4.78, 5) is 45.9. The molecule has 2 aromatic heterocycles.